The van der Waals surface area contributed by atoms with Crippen molar-refractivity contribution in [3.8, 4) is 0 Å². The summed E-state index contributed by atoms with van der Waals surface area (Å²) in [6, 6.07) is 1.72. The van der Waals surface area contributed by atoms with Crippen LogP contribution in [0.15, 0.2) is 12.1 Å². The van der Waals surface area contributed by atoms with E-state index in [1.165, 1.54) is 0 Å². The van der Waals surface area contributed by atoms with Gasteiger partial charge in [-0.15, -0.1) is 0 Å². The fourth-order valence-electron chi connectivity index (χ4n) is 0.502. The fourth-order valence-corrected chi connectivity index (χ4v) is 0.648. The number of halogens is 4. The Morgan fingerprint density at radius 2 is 1.47 bits per heavy atom. The van der Waals surface area contributed by atoms with E-state index in [1.807, 2.05) is 0 Å². The molecule has 0 fully saturated rings. The van der Waals surface area contributed by atoms with Crippen LogP contribution in [0.4, 0.5) is 13.2 Å². The van der Waals surface area contributed by atoms with Gasteiger partial charge in [-0.2, -0.15) is 0 Å². The molecule has 0 amide bonds. The summed E-state index contributed by atoms with van der Waals surface area (Å²) >= 11 is 5.10. The molecule has 0 aliphatic rings. The van der Waals surface area contributed by atoms with Gasteiger partial charge in [0.25, 0.3) is 0 Å². The van der Waals surface area contributed by atoms with Gasteiger partial charge in [0.1, 0.15) is 0 Å². The Morgan fingerprint density at radius 3 is 1.80 bits per heavy atom. The summed E-state index contributed by atoms with van der Waals surface area (Å²) in [6.45, 7) is 0. The molecule has 3 N–H and O–H groups in total. The second-order valence-corrected chi connectivity index (χ2v) is 2.41. The Morgan fingerprint density at radius 1 is 1.07 bits per heavy atom. The molecule has 0 radical (unpaired) electrons. The molecule has 80 valence electrons. The van der Waals surface area contributed by atoms with Crippen molar-refractivity contribution >= 4 is 18.9 Å². The average Bonchev–Trinajstić information content (AvgIpc) is 2.07. The quantitative estimate of drug-likeness (QED) is 0.285. The summed E-state index contributed by atoms with van der Waals surface area (Å²) in [6.07, 6.45) is 0. The molecule has 0 bridgehead atoms. The van der Waals surface area contributed by atoms with E-state index < -0.39 is 29.8 Å². The third kappa shape index (κ3) is 7.72. The Kier molecular flexibility index (Phi) is 10.9. The first-order valence-electron chi connectivity index (χ1n) is 3.19. The molecule has 1 aromatic rings. The molecule has 1 aromatic carbocycles. The predicted octanol–water partition coefficient (Wildman–Crippen LogP) is -2.18. The summed E-state index contributed by atoms with van der Waals surface area (Å²) in [4.78, 5) is 0. The molecule has 9 heteroatoms. The summed E-state index contributed by atoms with van der Waals surface area (Å²) in [5, 5.41) is 21.1. The molecule has 0 atom stereocenters. The van der Waals surface area contributed by atoms with Crippen LogP contribution in [-0.4, -0.2) is 22.4 Å². The molecule has 0 unspecified atom stereocenters. The van der Waals surface area contributed by atoms with Crippen molar-refractivity contribution in [2.75, 3.05) is 0 Å². The molecule has 0 saturated heterocycles. The van der Waals surface area contributed by atoms with Gasteiger partial charge >= 0.3 is 58.7 Å². The molecule has 0 heterocycles. The summed E-state index contributed by atoms with van der Waals surface area (Å²) in [7, 11) is -2.17. The monoisotopic (exact) mass is 268 g/mol. The van der Waals surface area contributed by atoms with Crippen molar-refractivity contribution in [1.29, 1.82) is 0 Å². The molecule has 0 aromatic heterocycles. The third-order valence-corrected chi connectivity index (χ3v) is 1.28. The summed E-state index contributed by atoms with van der Waals surface area (Å²) in [5.74, 6) is -4.11. The predicted molar refractivity (Wildman–Crippen MR) is 44.8 cm³/mol. The summed E-state index contributed by atoms with van der Waals surface area (Å²) < 4.78 is 36.5. The molecule has 3 nitrogen and oxygen atoms in total. The maximum Gasteiger partial charge on any atom is 1.00 e. The molecular formula is C6H6BClF3KO3. The van der Waals surface area contributed by atoms with Crippen LogP contribution in [0.3, 0.4) is 0 Å². The van der Waals surface area contributed by atoms with E-state index in [2.05, 4.69) is 0 Å². The number of benzene rings is 1. The van der Waals surface area contributed by atoms with Crippen LogP contribution in [0.2, 0.25) is 5.02 Å². The molecule has 1 rings (SSSR count). The number of rotatable bonds is 0. The van der Waals surface area contributed by atoms with E-state index in [-0.39, 0.29) is 52.8 Å². The third-order valence-electron chi connectivity index (χ3n) is 0.988. The van der Waals surface area contributed by atoms with Gasteiger partial charge in [-0.05, 0) is 12.1 Å². The second kappa shape index (κ2) is 8.97. The van der Waals surface area contributed by atoms with Crippen molar-refractivity contribution in [3.05, 3.63) is 34.6 Å². The first-order valence-corrected chi connectivity index (χ1v) is 3.57. The molecule has 0 spiro atoms. The van der Waals surface area contributed by atoms with E-state index in [4.69, 9.17) is 26.7 Å². The smallest absolute Gasteiger partial charge is 1.00 e. The Hall–Kier alpha value is 0.881. The minimum Gasteiger partial charge on any atom is -1.00 e. The fraction of sp³-hybridized carbons (Fsp3) is 0. The topological polar surface area (TPSA) is 60.7 Å². The maximum absolute atomic E-state index is 12.2. The molecule has 0 aliphatic carbocycles. The van der Waals surface area contributed by atoms with Gasteiger partial charge in [-0.25, -0.2) is 13.2 Å². The van der Waals surface area contributed by atoms with Gasteiger partial charge in [0.2, 0.25) is 0 Å². The first-order chi connectivity index (χ1) is 6.36. The van der Waals surface area contributed by atoms with Gasteiger partial charge < -0.3 is 16.5 Å². The zero-order chi connectivity index (χ0) is 11.3. The SMILES string of the molecule is Fc1ccc(Cl)c(F)c1F.OB(O)O.[H-].[K+]. The van der Waals surface area contributed by atoms with Crippen molar-refractivity contribution in [1.82, 2.24) is 0 Å². The van der Waals surface area contributed by atoms with E-state index in [0.717, 1.165) is 12.1 Å². The first kappa shape index (κ1) is 18.3. The van der Waals surface area contributed by atoms with Crippen molar-refractivity contribution in [2.45, 2.75) is 0 Å². The zero-order valence-corrected chi connectivity index (χ0v) is 11.5. The van der Waals surface area contributed by atoms with Crippen molar-refractivity contribution in [3.63, 3.8) is 0 Å². The van der Waals surface area contributed by atoms with Gasteiger partial charge in [0, 0.05) is 0 Å². The zero-order valence-electron chi connectivity index (χ0n) is 8.59. The molecular weight excluding hydrogens is 262 g/mol. The van der Waals surface area contributed by atoms with Gasteiger partial charge in [0.05, 0.1) is 5.02 Å². The Labute approximate surface area is 133 Å². The van der Waals surface area contributed by atoms with Crippen molar-refractivity contribution < 1.29 is 81.1 Å². The van der Waals surface area contributed by atoms with Crippen LogP contribution in [0.1, 0.15) is 1.43 Å². The van der Waals surface area contributed by atoms with Crippen LogP contribution in [0.25, 0.3) is 0 Å². The number of hydrogen-bond acceptors (Lipinski definition) is 3. The van der Waals surface area contributed by atoms with Crippen LogP contribution < -0.4 is 51.4 Å². The van der Waals surface area contributed by atoms with Crippen molar-refractivity contribution in [2.24, 2.45) is 0 Å². The van der Waals surface area contributed by atoms with Gasteiger partial charge in [0.15, 0.2) is 17.5 Å². The van der Waals surface area contributed by atoms with E-state index in [1.54, 1.807) is 0 Å². The van der Waals surface area contributed by atoms with Crippen LogP contribution in [0.5, 0.6) is 0 Å². The second-order valence-electron chi connectivity index (χ2n) is 2.00. The Balaban J connectivity index is -0.000000249. The molecule has 0 saturated carbocycles. The van der Waals surface area contributed by atoms with Gasteiger partial charge in [-0.3, -0.25) is 0 Å². The van der Waals surface area contributed by atoms with Crippen LogP contribution in [-0.2, 0) is 0 Å². The maximum atomic E-state index is 12.2. The molecule has 15 heavy (non-hydrogen) atoms. The minimum atomic E-state index is -2.17. The minimum absolute atomic E-state index is 0. The van der Waals surface area contributed by atoms with E-state index in [0.29, 0.717) is 0 Å². The Bertz CT molecular complexity index is 292. The van der Waals surface area contributed by atoms with Crippen LogP contribution in [0, 0.1) is 17.5 Å². The van der Waals surface area contributed by atoms with Gasteiger partial charge in [-0.1, -0.05) is 11.6 Å². The molecule has 0 aliphatic heterocycles. The van der Waals surface area contributed by atoms with E-state index >= 15 is 0 Å². The largest absolute Gasteiger partial charge is 1.00 e. The standard InChI is InChI=1S/C6H2ClF3.BH3O3.K.H/c7-3-1-2-4(8)6(10)5(3)9;2-1(3)4;;/h1-2H;2-4H;;/q;;+1;-1. The average molecular weight is 268 g/mol. The van der Waals surface area contributed by atoms with E-state index in [9.17, 15) is 13.2 Å². The van der Waals surface area contributed by atoms with Crippen LogP contribution >= 0.6 is 11.6 Å². The normalized spacial score (nSPS) is 8.47. The summed E-state index contributed by atoms with van der Waals surface area (Å²) in [5.41, 5.74) is 0. The number of hydrogen-bond donors (Lipinski definition) is 3.